The van der Waals surface area contributed by atoms with Crippen LogP contribution in [0.5, 0.6) is 0 Å². The van der Waals surface area contributed by atoms with Gasteiger partial charge in [-0.2, -0.15) is 4.68 Å². The number of nitrogens with zero attached hydrogens (tertiary/aromatic N) is 4. The monoisotopic (exact) mass is 395 g/mol. The highest BCUT2D eigenvalue weighted by Crippen LogP contribution is 2.34. The zero-order valence-corrected chi connectivity index (χ0v) is 16.1. The maximum atomic E-state index is 13.0. The fraction of sp³-hybridized carbons (Fsp3) is 0.300. The van der Waals surface area contributed by atoms with E-state index in [4.69, 9.17) is 4.74 Å². The quantitative estimate of drug-likeness (QED) is 0.620. The molecule has 2 atom stereocenters. The fourth-order valence-corrected chi connectivity index (χ4v) is 4.12. The molecule has 0 bridgehead atoms. The molecule has 1 amide bonds. The van der Waals surface area contributed by atoms with Gasteiger partial charge in [0.05, 0.1) is 11.8 Å². The second-order valence-corrected chi connectivity index (χ2v) is 7.57. The fourth-order valence-electron chi connectivity index (χ4n) is 3.10. The van der Waals surface area contributed by atoms with Crippen LogP contribution in [0.2, 0.25) is 0 Å². The standard InChI is InChI=1S/C20H21N5O2S/c26-19(21-14-17-12-7-13-27-17)18(15-8-3-1-4-9-15)28-20-22-23-24-25(20)16-10-5-2-6-11-16/h1-6,8-11,17-18H,7,12-14H2,(H,21,26)/t17-,18-/m0/s1. The van der Waals surface area contributed by atoms with Crippen molar-refractivity contribution in [2.75, 3.05) is 13.2 Å². The maximum Gasteiger partial charge on any atom is 0.238 e. The number of para-hydroxylation sites is 1. The minimum absolute atomic E-state index is 0.0747. The third kappa shape index (κ3) is 4.40. The summed E-state index contributed by atoms with van der Waals surface area (Å²) in [7, 11) is 0. The van der Waals surface area contributed by atoms with Crippen molar-refractivity contribution in [2.45, 2.75) is 29.4 Å². The largest absolute Gasteiger partial charge is 0.376 e. The first-order chi connectivity index (χ1) is 13.8. The molecule has 0 radical (unpaired) electrons. The van der Waals surface area contributed by atoms with Crippen LogP contribution in [0, 0.1) is 0 Å². The molecule has 144 valence electrons. The molecule has 1 N–H and O–H groups in total. The van der Waals surface area contributed by atoms with Gasteiger partial charge < -0.3 is 10.1 Å². The summed E-state index contributed by atoms with van der Waals surface area (Å²) in [5.74, 6) is -0.0747. The number of hydrogen-bond donors (Lipinski definition) is 1. The molecule has 2 aromatic carbocycles. The maximum absolute atomic E-state index is 13.0. The molecule has 8 heteroatoms. The molecule has 1 aliphatic rings. The first-order valence-electron chi connectivity index (χ1n) is 9.26. The van der Waals surface area contributed by atoms with E-state index in [0.717, 1.165) is 30.7 Å². The van der Waals surface area contributed by atoms with E-state index in [0.29, 0.717) is 11.7 Å². The van der Waals surface area contributed by atoms with Gasteiger partial charge in [-0.3, -0.25) is 4.79 Å². The third-order valence-electron chi connectivity index (χ3n) is 4.53. The van der Waals surface area contributed by atoms with Crippen molar-refractivity contribution in [2.24, 2.45) is 0 Å². The predicted octanol–water partition coefficient (Wildman–Crippen LogP) is 2.79. The Morgan fingerprint density at radius 1 is 1.18 bits per heavy atom. The van der Waals surface area contributed by atoms with Crippen LogP contribution in [0.25, 0.3) is 5.69 Å². The molecule has 0 spiro atoms. The Balaban J connectivity index is 1.55. The lowest BCUT2D eigenvalue weighted by atomic mass is 10.1. The molecule has 1 aliphatic heterocycles. The Morgan fingerprint density at radius 3 is 2.64 bits per heavy atom. The van der Waals surface area contributed by atoms with Gasteiger partial charge >= 0.3 is 0 Å². The highest BCUT2D eigenvalue weighted by molar-refractivity contribution is 8.00. The van der Waals surface area contributed by atoms with Gasteiger partial charge in [0.25, 0.3) is 0 Å². The Morgan fingerprint density at radius 2 is 1.93 bits per heavy atom. The van der Waals surface area contributed by atoms with Crippen LogP contribution in [0.3, 0.4) is 0 Å². The summed E-state index contributed by atoms with van der Waals surface area (Å²) in [5.41, 5.74) is 1.75. The molecular formula is C20H21N5O2S. The highest BCUT2D eigenvalue weighted by atomic mass is 32.2. The van der Waals surface area contributed by atoms with E-state index in [-0.39, 0.29) is 12.0 Å². The lowest BCUT2D eigenvalue weighted by Gasteiger charge is -2.18. The predicted molar refractivity (Wildman–Crippen MR) is 106 cm³/mol. The topological polar surface area (TPSA) is 81.9 Å². The summed E-state index contributed by atoms with van der Waals surface area (Å²) in [6.45, 7) is 1.29. The van der Waals surface area contributed by atoms with Crippen LogP contribution in [0.4, 0.5) is 0 Å². The van der Waals surface area contributed by atoms with Gasteiger partial charge in [-0.1, -0.05) is 60.3 Å². The smallest absolute Gasteiger partial charge is 0.238 e. The molecular weight excluding hydrogens is 374 g/mol. The van der Waals surface area contributed by atoms with Crippen LogP contribution >= 0.6 is 11.8 Å². The summed E-state index contributed by atoms with van der Waals surface area (Å²) in [6.07, 6.45) is 2.12. The molecule has 1 fully saturated rings. The van der Waals surface area contributed by atoms with E-state index in [9.17, 15) is 4.79 Å². The molecule has 0 aliphatic carbocycles. The normalized spacial score (nSPS) is 17.4. The van der Waals surface area contributed by atoms with E-state index >= 15 is 0 Å². The summed E-state index contributed by atoms with van der Waals surface area (Å²) >= 11 is 1.33. The average Bonchev–Trinajstić information content (AvgIpc) is 3.43. The molecule has 1 aromatic heterocycles. The van der Waals surface area contributed by atoms with Gasteiger partial charge in [0.1, 0.15) is 5.25 Å². The lowest BCUT2D eigenvalue weighted by Crippen LogP contribution is -2.34. The second-order valence-electron chi connectivity index (χ2n) is 6.50. The molecule has 1 saturated heterocycles. The summed E-state index contributed by atoms with van der Waals surface area (Å²) in [4.78, 5) is 13.0. The molecule has 3 aromatic rings. The van der Waals surface area contributed by atoms with Crippen molar-refractivity contribution in [1.82, 2.24) is 25.5 Å². The third-order valence-corrected chi connectivity index (χ3v) is 5.72. The van der Waals surface area contributed by atoms with Crippen LogP contribution < -0.4 is 5.32 Å². The number of hydrogen-bond acceptors (Lipinski definition) is 6. The van der Waals surface area contributed by atoms with Gasteiger partial charge in [-0.05, 0) is 41.0 Å². The Labute approximate surface area is 167 Å². The zero-order chi connectivity index (χ0) is 19.2. The number of tetrazole rings is 1. The zero-order valence-electron chi connectivity index (χ0n) is 15.3. The number of carbonyl (C=O) groups is 1. The van der Waals surface area contributed by atoms with Gasteiger partial charge in [0.2, 0.25) is 11.1 Å². The number of nitrogens with one attached hydrogen (secondary N) is 1. The minimum atomic E-state index is -0.462. The Hall–Kier alpha value is -2.71. The Kier molecular flexibility index (Phi) is 5.98. The average molecular weight is 395 g/mol. The first-order valence-corrected chi connectivity index (χ1v) is 10.1. The first kappa shape index (κ1) is 18.6. The van der Waals surface area contributed by atoms with Crippen LogP contribution in [0.15, 0.2) is 65.8 Å². The summed E-state index contributed by atoms with van der Waals surface area (Å²) < 4.78 is 7.26. The van der Waals surface area contributed by atoms with Crippen LogP contribution in [-0.2, 0) is 9.53 Å². The van der Waals surface area contributed by atoms with Gasteiger partial charge in [0.15, 0.2) is 0 Å². The summed E-state index contributed by atoms with van der Waals surface area (Å²) in [5, 5.41) is 15.2. The number of rotatable bonds is 7. The number of benzene rings is 2. The molecule has 2 heterocycles. The molecule has 0 unspecified atom stereocenters. The molecule has 4 rings (SSSR count). The SMILES string of the molecule is O=C(NC[C@@H]1CCCO1)[C@@H](Sc1nnnn1-c1ccccc1)c1ccccc1. The van der Waals surface area contributed by atoms with Crippen molar-refractivity contribution in [3.8, 4) is 5.69 Å². The number of amides is 1. The lowest BCUT2D eigenvalue weighted by molar-refractivity contribution is -0.121. The van der Waals surface area contributed by atoms with E-state index in [1.54, 1.807) is 4.68 Å². The second kappa shape index (κ2) is 8.99. The van der Waals surface area contributed by atoms with E-state index < -0.39 is 5.25 Å². The van der Waals surface area contributed by atoms with Crippen LogP contribution in [-0.4, -0.2) is 45.4 Å². The van der Waals surface area contributed by atoms with Crippen molar-refractivity contribution < 1.29 is 9.53 Å². The van der Waals surface area contributed by atoms with Crippen LogP contribution in [0.1, 0.15) is 23.7 Å². The number of ether oxygens (including phenoxy) is 1. The summed E-state index contributed by atoms with van der Waals surface area (Å²) in [6, 6.07) is 19.3. The van der Waals surface area contributed by atoms with Gasteiger partial charge in [0, 0.05) is 13.2 Å². The number of carbonyl (C=O) groups excluding carboxylic acids is 1. The van der Waals surface area contributed by atoms with Gasteiger partial charge in [-0.25, -0.2) is 0 Å². The minimum Gasteiger partial charge on any atom is -0.376 e. The van der Waals surface area contributed by atoms with E-state index in [1.165, 1.54) is 11.8 Å². The number of thioether (sulfide) groups is 1. The van der Waals surface area contributed by atoms with Gasteiger partial charge in [-0.15, -0.1) is 5.10 Å². The number of aromatic nitrogens is 4. The van der Waals surface area contributed by atoms with E-state index in [2.05, 4.69) is 20.8 Å². The van der Waals surface area contributed by atoms with Crippen molar-refractivity contribution in [3.63, 3.8) is 0 Å². The van der Waals surface area contributed by atoms with Crippen molar-refractivity contribution >= 4 is 17.7 Å². The molecule has 7 nitrogen and oxygen atoms in total. The van der Waals surface area contributed by atoms with E-state index in [1.807, 2.05) is 60.7 Å². The highest BCUT2D eigenvalue weighted by Gasteiger charge is 2.26. The van der Waals surface area contributed by atoms with Crippen molar-refractivity contribution in [1.29, 1.82) is 0 Å². The van der Waals surface area contributed by atoms with Crippen molar-refractivity contribution in [3.05, 3.63) is 66.2 Å². The molecule has 28 heavy (non-hydrogen) atoms. The Bertz CT molecular complexity index is 897. The molecule has 0 saturated carbocycles.